The summed E-state index contributed by atoms with van der Waals surface area (Å²) in [5, 5.41) is 0. The standard InChI is InChI=1S/C14H20O2/c1-5-14(11(2)3)16-10-12-6-8-13(15-4)9-7-12/h5-9,11H,10H2,1-4H3. The highest BCUT2D eigenvalue weighted by Gasteiger charge is 2.03. The minimum absolute atomic E-state index is 0.434. The third-order valence-electron chi connectivity index (χ3n) is 2.42. The van der Waals surface area contributed by atoms with E-state index in [1.165, 1.54) is 0 Å². The van der Waals surface area contributed by atoms with E-state index in [0.717, 1.165) is 17.1 Å². The minimum Gasteiger partial charge on any atom is -0.497 e. The van der Waals surface area contributed by atoms with Crippen LogP contribution in [0.4, 0.5) is 0 Å². The SMILES string of the molecule is CC=C(OCc1ccc(OC)cc1)C(C)C. The Morgan fingerprint density at radius 2 is 1.88 bits per heavy atom. The molecule has 2 heteroatoms. The Morgan fingerprint density at radius 3 is 2.31 bits per heavy atom. The molecule has 2 nitrogen and oxygen atoms in total. The van der Waals surface area contributed by atoms with E-state index in [1.54, 1.807) is 7.11 Å². The first-order valence-electron chi connectivity index (χ1n) is 5.59. The van der Waals surface area contributed by atoms with Crippen molar-refractivity contribution in [2.24, 2.45) is 5.92 Å². The van der Waals surface area contributed by atoms with Crippen LogP contribution in [-0.2, 0) is 11.3 Å². The second kappa shape index (κ2) is 6.21. The maximum absolute atomic E-state index is 5.73. The normalized spacial score (nSPS) is 11.7. The van der Waals surface area contributed by atoms with E-state index in [2.05, 4.69) is 13.8 Å². The van der Waals surface area contributed by atoms with E-state index in [-0.39, 0.29) is 0 Å². The summed E-state index contributed by atoms with van der Waals surface area (Å²) in [7, 11) is 1.67. The number of rotatable bonds is 5. The van der Waals surface area contributed by atoms with Crippen LogP contribution >= 0.6 is 0 Å². The fraction of sp³-hybridized carbons (Fsp3) is 0.429. The fourth-order valence-electron chi connectivity index (χ4n) is 1.47. The molecule has 0 aliphatic heterocycles. The average Bonchev–Trinajstić information content (AvgIpc) is 2.30. The lowest BCUT2D eigenvalue weighted by Crippen LogP contribution is -2.00. The molecule has 1 aromatic carbocycles. The van der Waals surface area contributed by atoms with Crippen molar-refractivity contribution in [3.8, 4) is 5.75 Å². The van der Waals surface area contributed by atoms with Crippen molar-refractivity contribution in [2.45, 2.75) is 27.4 Å². The van der Waals surface area contributed by atoms with Crippen LogP contribution in [-0.4, -0.2) is 7.11 Å². The van der Waals surface area contributed by atoms with E-state index in [1.807, 2.05) is 37.3 Å². The second-order valence-corrected chi connectivity index (χ2v) is 3.98. The lowest BCUT2D eigenvalue weighted by Gasteiger charge is -2.13. The molecular formula is C14H20O2. The Hall–Kier alpha value is -1.44. The van der Waals surface area contributed by atoms with Gasteiger partial charge in [-0.25, -0.2) is 0 Å². The number of hydrogen-bond acceptors (Lipinski definition) is 2. The topological polar surface area (TPSA) is 18.5 Å². The fourth-order valence-corrected chi connectivity index (χ4v) is 1.47. The Balaban J connectivity index is 2.54. The maximum atomic E-state index is 5.73. The number of methoxy groups -OCH3 is 1. The van der Waals surface area contributed by atoms with Crippen molar-refractivity contribution < 1.29 is 9.47 Å². The van der Waals surface area contributed by atoms with Crippen molar-refractivity contribution >= 4 is 0 Å². The van der Waals surface area contributed by atoms with Gasteiger partial charge in [-0.1, -0.05) is 26.0 Å². The first kappa shape index (κ1) is 12.6. The molecule has 0 atom stereocenters. The molecule has 0 aliphatic rings. The molecular weight excluding hydrogens is 200 g/mol. The number of benzene rings is 1. The van der Waals surface area contributed by atoms with Crippen LogP contribution in [0.5, 0.6) is 5.75 Å². The van der Waals surface area contributed by atoms with E-state index < -0.39 is 0 Å². The van der Waals surface area contributed by atoms with Gasteiger partial charge in [-0.2, -0.15) is 0 Å². The highest BCUT2D eigenvalue weighted by molar-refractivity contribution is 5.26. The highest BCUT2D eigenvalue weighted by Crippen LogP contribution is 2.16. The summed E-state index contributed by atoms with van der Waals surface area (Å²) >= 11 is 0. The van der Waals surface area contributed by atoms with E-state index in [4.69, 9.17) is 9.47 Å². The first-order chi connectivity index (χ1) is 7.67. The largest absolute Gasteiger partial charge is 0.497 e. The Kier molecular flexibility index (Phi) is 4.90. The monoisotopic (exact) mass is 220 g/mol. The molecule has 88 valence electrons. The maximum Gasteiger partial charge on any atom is 0.118 e. The van der Waals surface area contributed by atoms with Gasteiger partial charge < -0.3 is 9.47 Å². The molecule has 0 N–H and O–H groups in total. The summed E-state index contributed by atoms with van der Waals surface area (Å²) in [5.74, 6) is 2.35. The van der Waals surface area contributed by atoms with Crippen LogP contribution in [0.15, 0.2) is 36.1 Å². The third-order valence-corrected chi connectivity index (χ3v) is 2.42. The second-order valence-electron chi connectivity index (χ2n) is 3.98. The summed E-state index contributed by atoms with van der Waals surface area (Å²) in [6, 6.07) is 7.94. The molecule has 0 aromatic heterocycles. The van der Waals surface area contributed by atoms with Gasteiger partial charge >= 0.3 is 0 Å². The van der Waals surface area contributed by atoms with Crippen molar-refractivity contribution in [2.75, 3.05) is 7.11 Å². The van der Waals surface area contributed by atoms with Crippen LogP contribution in [0, 0.1) is 5.92 Å². The summed E-state index contributed by atoms with van der Waals surface area (Å²) in [6.07, 6.45) is 2.02. The zero-order valence-electron chi connectivity index (χ0n) is 10.5. The lowest BCUT2D eigenvalue weighted by molar-refractivity contribution is 0.171. The molecule has 0 aliphatic carbocycles. The average molecular weight is 220 g/mol. The molecule has 0 saturated carbocycles. The van der Waals surface area contributed by atoms with Crippen LogP contribution in [0.25, 0.3) is 0 Å². The highest BCUT2D eigenvalue weighted by atomic mass is 16.5. The van der Waals surface area contributed by atoms with Crippen molar-refractivity contribution in [3.63, 3.8) is 0 Å². The van der Waals surface area contributed by atoms with E-state index in [0.29, 0.717) is 12.5 Å². The van der Waals surface area contributed by atoms with Crippen LogP contribution in [0.1, 0.15) is 26.3 Å². The Labute approximate surface area is 97.9 Å². The van der Waals surface area contributed by atoms with Crippen molar-refractivity contribution in [3.05, 3.63) is 41.7 Å². The molecule has 0 amide bonds. The van der Waals surface area contributed by atoms with Gasteiger partial charge in [0.1, 0.15) is 12.4 Å². The van der Waals surface area contributed by atoms with Gasteiger partial charge in [-0.05, 0) is 30.7 Å². The molecule has 16 heavy (non-hydrogen) atoms. The number of ether oxygens (including phenoxy) is 2. The molecule has 0 unspecified atom stereocenters. The quantitative estimate of drug-likeness (QED) is 0.703. The van der Waals surface area contributed by atoms with E-state index >= 15 is 0 Å². The van der Waals surface area contributed by atoms with Gasteiger partial charge in [0.2, 0.25) is 0 Å². The van der Waals surface area contributed by atoms with Gasteiger partial charge in [-0.3, -0.25) is 0 Å². The molecule has 1 rings (SSSR count). The minimum atomic E-state index is 0.434. The van der Waals surface area contributed by atoms with E-state index in [9.17, 15) is 0 Å². The predicted molar refractivity (Wildman–Crippen MR) is 66.4 cm³/mol. The van der Waals surface area contributed by atoms with Gasteiger partial charge in [-0.15, -0.1) is 0 Å². The Morgan fingerprint density at radius 1 is 1.25 bits per heavy atom. The van der Waals surface area contributed by atoms with Crippen LogP contribution < -0.4 is 4.74 Å². The van der Waals surface area contributed by atoms with Gasteiger partial charge in [0.15, 0.2) is 0 Å². The van der Waals surface area contributed by atoms with Crippen LogP contribution in [0.3, 0.4) is 0 Å². The molecule has 0 heterocycles. The summed E-state index contributed by atoms with van der Waals surface area (Å²) in [6.45, 7) is 6.87. The zero-order chi connectivity index (χ0) is 12.0. The molecule has 1 aromatic rings. The molecule has 0 radical (unpaired) electrons. The summed E-state index contributed by atoms with van der Waals surface area (Å²) in [4.78, 5) is 0. The van der Waals surface area contributed by atoms with Gasteiger partial charge in [0.05, 0.1) is 12.9 Å². The molecule has 0 saturated heterocycles. The summed E-state index contributed by atoms with van der Waals surface area (Å²) in [5.41, 5.74) is 1.15. The smallest absolute Gasteiger partial charge is 0.118 e. The first-order valence-corrected chi connectivity index (χ1v) is 5.59. The van der Waals surface area contributed by atoms with Crippen LogP contribution in [0.2, 0.25) is 0 Å². The van der Waals surface area contributed by atoms with Gasteiger partial charge in [0.25, 0.3) is 0 Å². The summed E-state index contributed by atoms with van der Waals surface area (Å²) < 4.78 is 10.8. The van der Waals surface area contributed by atoms with Crippen molar-refractivity contribution in [1.82, 2.24) is 0 Å². The lowest BCUT2D eigenvalue weighted by atomic mass is 10.1. The number of hydrogen-bond donors (Lipinski definition) is 0. The predicted octanol–water partition coefficient (Wildman–Crippen LogP) is 3.77. The Bertz CT molecular complexity index is 336. The zero-order valence-corrected chi connectivity index (χ0v) is 10.5. The van der Waals surface area contributed by atoms with Gasteiger partial charge in [0, 0.05) is 5.92 Å². The molecule has 0 fully saturated rings. The third kappa shape index (κ3) is 3.61. The molecule has 0 spiro atoms. The molecule has 0 bridgehead atoms. The van der Waals surface area contributed by atoms with Crippen molar-refractivity contribution in [1.29, 1.82) is 0 Å². The number of allylic oxidation sites excluding steroid dienone is 2.